The minimum atomic E-state index is -0.570. The van der Waals surface area contributed by atoms with Gasteiger partial charge < -0.3 is 11.1 Å². The van der Waals surface area contributed by atoms with Crippen molar-refractivity contribution >= 4 is 5.91 Å². The molecule has 0 aromatic rings. The normalized spacial score (nSPS) is 19.8. The Bertz CT molecular complexity index is 182. The fourth-order valence-electron chi connectivity index (χ4n) is 0.680. The summed E-state index contributed by atoms with van der Waals surface area (Å²) in [5.41, 5.74) is 5.67. The maximum atomic E-state index is 11.0. The van der Waals surface area contributed by atoms with Crippen LogP contribution in [0.3, 0.4) is 0 Å². The minimum absolute atomic E-state index is 0.0972. The third-order valence-electron chi connectivity index (χ3n) is 1.57. The average molecular weight is 140 g/mol. The number of rotatable bonds is 2. The lowest BCUT2D eigenvalue weighted by molar-refractivity contribution is -0.122. The van der Waals surface area contributed by atoms with Crippen molar-refractivity contribution in [3.63, 3.8) is 0 Å². The van der Waals surface area contributed by atoms with Crippen LogP contribution in [0, 0.1) is 0 Å². The lowest BCUT2D eigenvalue weighted by atomic mass is 10.3. The van der Waals surface area contributed by atoms with Gasteiger partial charge in [0.05, 0.1) is 5.54 Å². The van der Waals surface area contributed by atoms with E-state index in [-0.39, 0.29) is 5.91 Å². The Labute approximate surface area is 60.3 Å². The summed E-state index contributed by atoms with van der Waals surface area (Å²) in [7, 11) is 0. The lowest BCUT2D eigenvalue weighted by Gasteiger charge is -2.08. The molecule has 56 valence electrons. The molecule has 3 N–H and O–H groups in total. The Morgan fingerprint density at radius 1 is 1.70 bits per heavy atom. The third-order valence-corrected chi connectivity index (χ3v) is 1.57. The number of nitrogens with two attached hydrogens (primary N) is 1. The first-order chi connectivity index (χ1) is 4.54. The SMILES string of the molecule is C=C(C)NC(=O)C1(N)CC1. The summed E-state index contributed by atoms with van der Waals surface area (Å²) in [6, 6.07) is 0. The summed E-state index contributed by atoms with van der Waals surface area (Å²) >= 11 is 0. The third kappa shape index (κ3) is 1.36. The first kappa shape index (κ1) is 7.28. The first-order valence-corrected chi connectivity index (χ1v) is 3.30. The Balaban J connectivity index is 2.43. The van der Waals surface area contributed by atoms with E-state index in [2.05, 4.69) is 11.9 Å². The number of hydrogen-bond donors (Lipinski definition) is 2. The van der Waals surface area contributed by atoms with E-state index in [1.54, 1.807) is 6.92 Å². The highest BCUT2D eigenvalue weighted by atomic mass is 16.2. The molecule has 0 aromatic heterocycles. The van der Waals surface area contributed by atoms with Crippen molar-refractivity contribution in [1.29, 1.82) is 0 Å². The van der Waals surface area contributed by atoms with Crippen molar-refractivity contribution in [2.75, 3.05) is 0 Å². The van der Waals surface area contributed by atoms with Crippen LogP contribution in [0.15, 0.2) is 12.3 Å². The maximum absolute atomic E-state index is 11.0. The maximum Gasteiger partial charge on any atom is 0.244 e. The fraction of sp³-hybridized carbons (Fsp3) is 0.571. The van der Waals surface area contributed by atoms with E-state index >= 15 is 0 Å². The van der Waals surface area contributed by atoms with Crippen LogP contribution in [0.1, 0.15) is 19.8 Å². The molecule has 0 aromatic carbocycles. The summed E-state index contributed by atoms with van der Waals surface area (Å²) in [4.78, 5) is 11.0. The molecule has 3 heteroatoms. The van der Waals surface area contributed by atoms with Crippen LogP contribution in [0.4, 0.5) is 0 Å². The van der Waals surface area contributed by atoms with E-state index in [0.29, 0.717) is 5.70 Å². The first-order valence-electron chi connectivity index (χ1n) is 3.30. The highest BCUT2D eigenvalue weighted by Gasteiger charge is 2.45. The van der Waals surface area contributed by atoms with Crippen LogP contribution in [-0.2, 0) is 4.79 Å². The lowest BCUT2D eigenvalue weighted by Crippen LogP contribution is -2.41. The van der Waals surface area contributed by atoms with E-state index in [1.165, 1.54) is 0 Å². The zero-order chi connectivity index (χ0) is 7.78. The molecule has 1 saturated carbocycles. The van der Waals surface area contributed by atoms with Crippen LogP contribution in [0.25, 0.3) is 0 Å². The second-order valence-corrected chi connectivity index (χ2v) is 2.89. The summed E-state index contributed by atoms with van der Waals surface area (Å²) in [5, 5.41) is 2.59. The second kappa shape index (κ2) is 2.09. The van der Waals surface area contributed by atoms with Gasteiger partial charge in [0.2, 0.25) is 5.91 Å². The summed E-state index contributed by atoms with van der Waals surface area (Å²) in [5.74, 6) is -0.0972. The smallest absolute Gasteiger partial charge is 0.244 e. The van der Waals surface area contributed by atoms with Gasteiger partial charge in [0.25, 0.3) is 0 Å². The van der Waals surface area contributed by atoms with Gasteiger partial charge in [-0.25, -0.2) is 0 Å². The fourth-order valence-corrected chi connectivity index (χ4v) is 0.680. The molecular formula is C7H12N2O. The molecule has 0 aliphatic heterocycles. The Kier molecular flexibility index (Phi) is 1.52. The Morgan fingerprint density at radius 3 is 2.50 bits per heavy atom. The molecule has 0 atom stereocenters. The average Bonchev–Trinajstić information content (AvgIpc) is 2.47. The standard InChI is InChI=1S/C7H12N2O/c1-5(2)9-6(10)7(8)3-4-7/h1,3-4,8H2,2H3,(H,9,10). The highest BCUT2D eigenvalue weighted by molar-refractivity contribution is 5.90. The van der Waals surface area contributed by atoms with Gasteiger partial charge in [-0.1, -0.05) is 6.58 Å². The van der Waals surface area contributed by atoms with Crippen molar-refractivity contribution in [2.24, 2.45) is 5.73 Å². The molecule has 1 aliphatic carbocycles. The zero-order valence-electron chi connectivity index (χ0n) is 6.11. The van der Waals surface area contributed by atoms with Gasteiger partial charge in [-0.2, -0.15) is 0 Å². The Morgan fingerprint density at radius 2 is 2.20 bits per heavy atom. The number of hydrogen-bond acceptors (Lipinski definition) is 2. The summed E-state index contributed by atoms with van der Waals surface area (Å²) < 4.78 is 0. The van der Waals surface area contributed by atoms with Crippen molar-refractivity contribution in [1.82, 2.24) is 5.32 Å². The van der Waals surface area contributed by atoms with E-state index in [1.807, 2.05) is 0 Å². The van der Waals surface area contributed by atoms with Gasteiger partial charge in [-0.05, 0) is 19.8 Å². The molecule has 0 heterocycles. The van der Waals surface area contributed by atoms with Crippen LogP contribution in [0.2, 0.25) is 0 Å². The van der Waals surface area contributed by atoms with Crippen LogP contribution < -0.4 is 11.1 Å². The van der Waals surface area contributed by atoms with Gasteiger partial charge in [-0.3, -0.25) is 4.79 Å². The number of amides is 1. The molecule has 0 bridgehead atoms. The number of carbonyl (C=O) groups is 1. The van der Waals surface area contributed by atoms with Crippen LogP contribution in [-0.4, -0.2) is 11.4 Å². The molecule has 0 saturated heterocycles. The molecule has 0 unspecified atom stereocenters. The molecule has 1 fully saturated rings. The van der Waals surface area contributed by atoms with E-state index in [9.17, 15) is 4.79 Å². The van der Waals surface area contributed by atoms with Crippen molar-refractivity contribution < 1.29 is 4.79 Å². The van der Waals surface area contributed by atoms with Gasteiger partial charge in [-0.15, -0.1) is 0 Å². The van der Waals surface area contributed by atoms with Crippen molar-refractivity contribution in [2.45, 2.75) is 25.3 Å². The predicted molar refractivity (Wildman–Crippen MR) is 39.1 cm³/mol. The van der Waals surface area contributed by atoms with Gasteiger partial charge in [0.15, 0.2) is 0 Å². The topological polar surface area (TPSA) is 55.1 Å². The number of carbonyl (C=O) groups excluding carboxylic acids is 1. The Hall–Kier alpha value is -0.830. The zero-order valence-corrected chi connectivity index (χ0v) is 6.11. The van der Waals surface area contributed by atoms with Crippen molar-refractivity contribution in [3.8, 4) is 0 Å². The largest absolute Gasteiger partial charge is 0.329 e. The molecule has 1 amide bonds. The number of nitrogens with one attached hydrogen (secondary N) is 1. The molecule has 0 radical (unpaired) electrons. The molecule has 1 aliphatic rings. The quantitative estimate of drug-likeness (QED) is 0.572. The molecule has 1 rings (SSSR count). The number of allylic oxidation sites excluding steroid dienone is 1. The van der Waals surface area contributed by atoms with E-state index in [4.69, 9.17) is 5.73 Å². The molecule has 3 nitrogen and oxygen atoms in total. The molecular weight excluding hydrogens is 128 g/mol. The molecule has 10 heavy (non-hydrogen) atoms. The summed E-state index contributed by atoms with van der Waals surface area (Å²) in [6.45, 7) is 5.29. The molecule has 0 spiro atoms. The second-order valence-electron chi connectivity index (χ2n) is 2.89. The highest BCUT2D eigenvalue weighted by Crippen LogP contribution is 2.32. The van der Waals surface area contributed by atoms with E-state index < -0.39 is 5.54 Å². The van der Waals surface area contributed by atoms with Gasteiger partial charge in [0.1, 0.15) is 0 Å². The van der Waals surface area contributed by atoms with Crippen molar-refractivity contribution in [3.05, 3.63) is 12.3 Å². The monoisotopic (exact) mass is 140 g/mol. The van der Waals surface area contributed by atoms with Crippen LogP contribution in [0.5, 0.6) is 0 Å². The predicted octanol–water partition coefficient (Wildman–Crippen LogP) is 0.127. The van der Waals surface area contributed by atoms with E-state index in [0.717, 1.165) is 12.8 Å². The van der Waals surface area contributed by atoms with Gasteiger partial charge in [0, 0.05) is 5.70 Å². The van der Waals surface area contributed by atoms with Crippen LogP contribution >= 0.6 is 0 Å². The van der Waals surface area contributed by atoms with Gasteiger partial charge >= 0.3 is 0 Å². The summed E-state index contributed by atoms with van der Waals surface area (Å²) in [6.07, 6.45) is 1.60. The minimum Gasteiger partial charge on any atom is -0.329 e.